The number of ether oxygens (including phenoxy) is 1. The van der Waals surface area contributed by atoms with Crippen molar-refractivity contribution in [2.24, 2.45) is 0 Å². The Bertz CT molecular complexity index is 190. The standard InChI is InChI=1S/C7H9BrO3/c1-7(2)3-4(9)5(8)6(10)11-7/h5H,3H2,1-2H3. The van der Waals surface area contributed by atoms with Gasteiger partial charge < -0.3 is 4.74 Å². The molecule has 11 heavy (non-hydrogen) atoms. The van der Waals surface area contributed by atoms with E-state index in [9.17, 15) is 9.59 Å². The number of Topliss-reactive ketones (excluding diaryl/α,β-unsaturated/α-hetero) is 1. The zero-order valence-electron chi connectivity index (χ0n) is 6.39. The van der Waals surface area contributed by atoms with Gasteiger partial charge in [-0.05, 0) is 13.8 Å². The average Bonchev–Trinajstić information content (AvgIpc) is 1.81. The van der Waals surface area contributed by atoms with Crippen LogP contribution in [0.2, 0.25) is 0 Å². The van der Waals surface area contributed by atoms with Crippen LogP contribution in [0.4, 0.5) is 0 Å². The lowest BCUT2D eigenvalue weighted by atomic mass is 9.97. The van der Waals surface area contributed by atoms with Gasteiger partial charge in [0, 0.05) is 6.42 Å². The maximum atomic E-state index is 11.1. The Kier molecular flexibility index (Phi) is 2.05. The predicted octanol–water partition coefficient (Wildman–Crippen LogP) is 1.04. The van der Waals surface area contributed by atoms with Crippen molar-refractivity contribution in [3.8, 4) is 0 Å². The number of halogens is 1. The minimum absolute atomic E-state index is 0.105. The molecule has 0 aromatic heterocycles. The first-order valence-electron chi connectivity index (χ1n) is 3.32. The van der Waals surface area contributed by atoms with Gasteiger partial charge in [0.15, 0.2) is 10.6 Å². The monoisotopic (exact) mass is 220 g/mol. The molecule has 3 nitrogen and oxygen atoms in total. The van der Waals surface area contributed by atoms with Gasteiger partial charge in [-0.1, -0.05) is 15.9 Å². The maximum Gasteiger partial charge on any atom is 0.327 e. The molecule has 0 aromatic rings. The Morgan fingerprint density at radius 3 is 2.55 bits per heavy atom. The second-order valence-corrected chi connectivity index (χ2v) is 4.10. The van der Waals surface area contributed by atoms with Crippen molar-refractivity contribution in [3.05, 3.63) is 0 Å². The third-order valence-electron chi connectivity index (χ3n) is 1.47. The number of carbonyl (C=O) groups excluding carboxylic acids is 2. The molecule has 1 rings (SSSR count). The van der Waals surface area contributed by atoms with Crippen LogP contribution in [-0.4, -0.2) is 22.2 Å². The molecule has 1 fully saturated rings. The van der Waals surface area contributed by atoms with Gasteiger partial charge in [0.05, 0.1) is 0 Å². The van der Waals surface area contributed by atoms with Crippen LogP contribution in [0.3, 0.4) is 0 Å². The summed E-state index contributed by atoms with van der Waals surface area (Å²) in [5.74, 6) is -0.586. The van der Waals surface area contributed by atoms with Gasteiger partial charge in [-0.15, -0.1) is 0 Å². The number of cyclic esters (lactones) is 1. The van der Waals surface area contributed by atoms with Crippen LogP contribution in [0.15, 0.2) is 0 Å². The minimum Gasteiger partial charge on any atom is -0.458 e. The van der Waals surface area contributed by atoms with Gasteiger partial charge >= 0.3 is 5.97 Å². The summed E-state index contributed by atoms with van der Waals surface area (Å²) in [6.45, 7) is 3.45. The second-order valence-electron chi connectivity index (χ2n) is 3.19. The Labute approximate surface area is 73.2 Å². The third kappa shape index (κ3) is 1.80. The Morgan fingerprint density at radius 2 is 2.09 bits per heavy atom. The molecule has 0 bridgehead atoms. The number of rotatable bonds is 0. The van der Waals surface area contributed by atoms with Gasteiger partial charge in [0.1, 0.15) is 5.60 Å². The average molecular weight is 221 g/mol. The van der Waals surface area contributed by atoms with Crippen LogP contribution >= 0.6 is 15.9 Å². The minimum atomic E-state index is -0.754. The molecule has 0 aromatic carbocycles. The van der Waals surface area contributed by atoms with E-state index in [1.165, 1.54) is 0 Å². The number of hydrogen-bond donors (Lipinski definition) is 0. The molecule has 1 aliphatic rings. The number of hydrogen-bond acceptors (Lipinski definition) is 3. The van der Waals surface area contributed by atoms with E-state index in [1.807, 2.05) is 0 Å². The molecule has 0 amide bonds. The van der Waals surface area contributed by atoms with Gasteiger partial charge in [0.2, 0.25) is 0 Å². The molecule has 62 valence electrons. The summed E-state index contributed by atoms with van der Waals surface area (Å²) in [6, 6.07) is 0. The first-order chi connectivity index (χ1) is 4.92. The normalized spacial score (nSPS) is 29.9. The van der Waals surface area contributed by atoms with E-state index in [0.717, 1.165) is 0 Å². The molecule has 1 saturated heterocycles. The summed E-state index contributed by atoms with van der Waals surface area (Å²) >= 11 is 2.95. The van der Waals surface area contributed by atoms with Crippen LogP contribution in [0.5, 0.6) is 0 Å². The Morgan fingerprint density at radius 1 is 1.55 bits per heavy atom. The van der Waals surface area contributed by atoms with E-state index in [0.29, 0.717) is 0 Å². The lowest BCUT2D eigenvalue weighted by Crippen LogP contribution is -2.44. The first-order valence-corrected chi connectivity index (χ1v) is 4.23. The van der Waals surface area contributed by atoms with Crippen LogP contribution in [-0.2, 0) is 14.3 Å². The molecular formula is C7H9BrO3. The van der Waals surface area contributed by atoms with E-state index in [1.54, 1.807) is 13.8 Å². The van der Waals surface area contributed by atoms with E-state index >= 15 is 0 Å². The highest BCUT2D eigenvalue weighted by atomic mass is 79.9. The van der Waals surface area contributed by atoms with Gasteiger partial charge in [-0.25, -0.2) is 0 Å². The molecule has 1 atom stereocenters. The topological polar surface area (TPSA) is 43.4 Å². The van der Waals surface area contributed by atoms with Crippen molar-refractivity contribution in [2.75, 3.05) is 0 Å². The Hall–Kier alpha value is -0.380. The summed E-state index contributed by atoms with van der Waals surface area (Å²) in [5.41, 5.74) is -0.627. The fourth-order valence-electron chi connectivity index (χ4n) is 1.00. The summed E-state index contributed by atoms with van der Waals surface area (Å²) in [6.07, 6.45) is 0.286. The Balaban J connectivity index is 2.78. The zero-order valence-corrected chi connectivity index (χ0v) is 7.97. The highest BCUT2D eigenvalue weighted by Gasteiger charge is 2.39. The summed E-state index contributed by atoms with van der Waals surface area (Å²) < 4.78 is 4.95. The van der Waals surface area contributed by atoms with Crippen LogP contribution in [0, 0.1) is 0 Å². The SMILES string of the molecule is CC1(C)CC(=O)C(Br)C(=O)O1. The van der Waals surface area contributed by atoms with Crippen molar-refractivity contribution < 1.29 is 14.3 Å². The van der Waals surface area contributed by atoms with Crippen molar-refractivity contribution in [1.29, 1.82) is 0 Å². The lowest BCUT2D eigenvalue weighted by Gasteiger charge is -2.30. The van der Waals surface area contributed by atoms with Gasteiger partial charge in [-0.2, -0.15) is 0 Å². The smallest absolute Gasteiger partial charge is 0.327 e. The van der Waals surface area contributed by atoms with E-state index < -0.39 is 16.4 Å². The molecular weight excluding hydrogens is 212 g/mol. The van der Waals surface area contributed by atoms with Crippen LogP contribution < -0.4 is 0 Å². The molecule has 4 heteroatoms. The number of esters is 1. The van der Waals surface area contributed by atoms with Gasteiger partial charge in [-0.3, -0.25) is 9.59 Å². The largest absolute Gasteiger partial charge is 0.458 e. The third-order valence-corrected chi connectivity index (χ3v) is 2.35. The molecule has 0 N–H and O–H groups in total. The van der Waals surface area contributed by atoms with Crippen molar-refractivity contribution in [3.63, 3.8) is 0 Å². The fourth-order valence-corrected chi connectivity index (χ4v) is 1.26. The van der Waals surface area contributed by atoms with Crippen molar-refractivity contribution in [2.45, 2.75) is 30.7 Å². The van der Waals surface area contributed by atoms with Crippen molar-refractivity contribution >= 4 is 27.7 Å². The molecule has 1 aliphatic heterocycles. The maximum absolute atomic E-state index is 11.1. The highest BCUT2D eigenvalue weighted by Crippen LogP contribution is 2.25. The zero-order chi connectivity index (χ0) is 8.65. The molecule has 0 radical (unpaired) electrons. The van der Waals surface area contributed by atoms with Crippen LogP contribution in [0.1, 0.15) is 20.3 Å². The quantitative estimate of drug-likeness (QED) is 0.348. The molecule has 0 aliphatic carbocycles. The lowest BCUT2D eigenvalue weighted by molar-refractivity contribution is -0.164. The number of carbonyl (C=O) groups is 2. The fraction of sp³-hybridized carbons (Fsp3) is 0.714. The predicted molar refractivity (Wildman–Crippen MR) is 42.5 cm³/mol. The summed E-state index contributed by atoms with van der Waals surface area (Å²) in [7, 11) is 0. The summed E-state index contributed by atoms with van der Waals surface area (Å²) in [5, 5.41) is 0. The van der Waals surface area contributed by atoms with E-state index in [-0.39, 0.29) is 12.2 Å². The second kappa shape index (κ2) is 2.59. The molecule has 0 spiro atoms. The first kappa shape index (κ1) is 8.71. The highest BCUT2D eigenvalue weighted by molar-refractivity contribution is 9.10. The van der Waals surface area contributed by atoms with E-state index in [2.05, 4.69) is 15.9 Å². The molecule has 0 saturated carbocycles. The molecule has 1 heterocycles. The summed E-state index contributed by atoms with van der Waals surface area (Å²) in [4.78, 5) is 21.2. The molecule has 1 unspecified atom stereocenters. The number of alkyl halides is 1. The van der Waals surface area contributed by atoms with Crippen LogP contribution in [0.25, 0.3) is 0 Å². The van der Waals surface area contributed by atoms with Crippen molar-refractivity contribution in [1.82, 2.24) is 0 Å². The van der Waals surface area contributed by atoms with Gasteiger partial charge in [0.25, 0.3) is 0 Å². The van der Waals surface area contributed by atoms with E-state index in [4.69, 9.17) is 4.74 Å². The number of ketones is 1.